The lowest BCUT2D eigenvalue weighted by Gasteiger charge is -2.26. The van der Waals surface area contributed by atoms with Crippen LogP contribution in [-0.4, -0.2) is 59.1 Å². The van der Waals surface area contributed by atoms with Gasteiger partial charge in [-0.3, -0.25) is 10.4 Å². The number of nitrogens with zero attached hydrogens (tertiary/aromatic N) is 6. The van der Waals surface area contributed by atoms with Crippen molar-refractivity contribution in [3.05, 3.63) is 52.9 Å². The summed E-state index contributed by atoms with van der Waals surface area (Å²) >= 11 is 1.68. The fraction of sp³-hybridized carbons (Fsp3) is 0.381. The summed E-state index contributed by atoms with van der Waals surface area (Å²) in [5.74, 6) is 1.00. The van der Waals surface area contributed by atoms with Gasteiger partial charge in [-0.15, -0.1) is 11.3 Å². The topological polar surface area (TPSA) is 97.7 Å². The molecule has 0 aromatic carbocycles. The molecule has 0 atom stereocenters. The van der Waals surface area contributed by atoms with E-state index in [1.54, 1.807) is 23.7 Å². The van der Waals surface area contributed by atoms with Gasteiger partial charge in [-0.1, -0.05) is 13.0 Å². The fourth-order valence-electron chi connectivity index (χ4n) is 2.96. The standard InChI is InChI=1S/C21H25N7O2S/c1-2-17-6-7-19(31-17)27-23-15-18-24-20(28-10-13-29-14-11-28)26-21(25-18)30-12-8-16-5-3-4-9-22-16/h3-7,9,15,27H,2,8,10-14H2,1H3/b23-15+. The molecule has 31 heavy (non-hydrogen) atoms. The molecular formula is C21H25N7O2S. The molecule has 9 nitrogen and oxygen atoms in total. The minimum atomic E-state index is 0.276. The molecule has 162 valence electrons. The normalized spacial score (nSPS) is 14.2. The lowest BCUT2D eigenvalue weighted by molar-refractivity contribution is 0.122. The Morgan fingerprint density at radius 2 is 2.10 bits per heavy atom. The maximum absolute atomic E-state index is 5.82. The van der Waals surface area contributed by atoms with Gasteiger partial charge < -0.3 is 14.4 Å². The second kappa shape index (κ2) is 10.8. The SMILES string of the molecule is CCc1ccc(N/N=C/c2nc(OCCc3ccccn3)nc(N3CCOCC3)n2)s1. The number of thiophene rings is 1. The number of hydrazone groups is 1. The van der Waals surface area contributed by atoms with E-state index in [4.69, 9.17) is 9.47 Å². The Labute approximate surface area is 185 Å². The maximum atomic E-state index is 5.82. The van der Waals surface area contributed by atoms with Gasteiger partial charge in [0.2, 0.25) is 5.95 Å². The fourth-order valence-corrected chi connectivity index (χ4v) is 3.76. The number of pyridine rings is 1. The van der Waals surface area contributed by atoms with Gasteiger partial charge in [-0.2, -0.15) is 20.1 Å². The van der Waals surface area contributed by atoms with Gasteiger partial charge in [0.25, 0.3) is 0 Å². The highest BCUT2D eigenvalue weighted by Gasteiger charge is 2.17. The summed E-state index contributed by atoms with van der Waals surface area (Å²) in [7, 11) is 0. The first-order chi connectivity index (χ1) is 15.3. The van der Waals surface area contributed by atoms with Crippen LogP contribution in [-0.2, 0) is 17.6 Å². The van der Waals surface area contributed by atoms with E-state index in [1.165, 1.54) is 4.88 Å². The molecule has 1 aliphatic rings. The van der Waals surface area contributed by atoms with Crippen LogP contribution < -0.4 is 15.1 Å². The van der Waals surface area contributed by atoms with Crippen molar-refractivity contribution in [3.8, 4) is 6.01 Å². The predicted octanol–water partition coefficient (Wildman–Crippen LogP) is 2.79. The zero-order valence-corrected chi connectivity index (χ0v) is 18.2. The molecule has 0 bridgehead atoms. The highest BCUT2D eigenvalue weighted by molar-refractivity contribution is 7.16. The van der Waals surface area contributed by atoms with Crippen LogP contribution in [0.25, 0.3) is 0 Å². The summed E-state index contributed by atoms with van der Waals surface area (Å²) < 4.78 is 11.3. The number of ether oxygens (including phenoxy) is 2. The number of hydrogen-bond acceptors (Lipinski definition) is 10. The number of nitrogens with one attached hydrogen (secondary N) is 1. The third-order valence-corrected chi connectivity index (χ3v) is 5.73. The van der Waals surface area contributed by atoms with Crippen molar-refractivity contribution in [1.29, 1.82) is 0 Å². The molecule has 4 heterocycles. The largest absolute Gasteiger partial charge is 0.463 e. The Morgan fingerprint density at radius 3 is 2.87 bits per heavy atom. The van der Waals surface area contributed by atoms with Gasteiger partial charge in [0.05, 0.1) is 26.0 Å². The number of aromatic nitrogens is 4. The summed E-state index contributed by atoms with van der Waals surface area (Å²) in [5.41, 5.74) is 3.99. The Morgan fingerprint density at radius 1 is 1.19 bits per heavy atom. The van der Waals surface area contributed by atoms with Gasteiger partial charge >= 0.3 is 6.01 Å². The molecule has 0 saturated carbocycles. The first-order valence-electron chi connectivity index (χ1n) is 10.3. The van der Waals surface area contributed by atoms with E-state index in [0.29, 0.717) is 38.0 Å². The highest BCUT2D eigenvalue weighted by atomic mass is 32.1. The number of aryl methyl sites for hydroxylation is 1. The molecule has 0 aliphatic carbocycles. The van der Waals surface area contributed by atoms with Crippen LogP contribution in [0, 0.1) is 0 Å². The Bertz CT molecular complexity index is 990. The Hall–Kier alpha value is -3.11. The van der Waals surface area contributed by atoms with E-state index in [-0.39, 0.29) is 6.01 Å². The van der Waals surface area contributed by atoms with Gasteiger partial charge in [0, 0.05) is 36.3 Å². The minimum Gasteiger partial charge on any atom is -0.463 e. The van der Waals surface area contributed by atoms with Gasteiger partial charge in [0.1, 0.15) is 5.00 Å². The highest BCUT2D eigenvalue weighted by Crippen LogP contribution is 2.22. The number of morpholine rings is 1. The van der Waals surface area contributed by atoms with Gasteiger partial charge in [-0.05, 0) is 30.7 Å². The number of anilines is 2. The molecule has 0 spiro atoms. The molecule has 1 fully saturated rings. The van der Waals surface area contributed by atoms with Crippen molar-refractivity contribution in [2.45, 2.75) is 19.8 Å². The van der Waals surface area contributed by atoms with Crippen molar-refractivity contribution in [2.24, 2.45) is 5.10 Å². The van der Waals surface area contributed by atoms with E-state index in [9.17, 15) is 0 Å². The van der Waals surface area contributed by atoms with Crippen molar-refractivity contribution in [2.75, 3.05) is 43.2 Å². The van der Waals surface area contributed by atoms with Crippen LogP contribution in [0.4, 0.5) is 10.9 Å². The molecule has 1 N–H and O–H groups in total. The van der Waals surface area contributed by atoms with E-state index >= 15 is 0 Å². The van der Waals surface area contributed by atoms with Crippen molar-refractivity contribution >= 4 is 28.5 Å². The van der Waals surface area contributed by atoms with Crippen molar-refractivity contribution in [1.82, 2.24) is 19.9 Å². The second-order valence-corrected chi connectivity index (χ2v) is 7.95. The zero-order chi connectivity index (χ0) is 21.3. The lowest BCUT2D eigenvalue weighted by atomic mass is 10.3. The summed E-state index contributed by atoms with van der Waals surface area (Å²) in [6.07, 6.45) is 5.03. The van der Waals surface area contributed by atoms with E-state index in [1.807, 2.05) is 24.3 Å². The molecule has 4 rings (SSSR count). The number of rotatable bonds is 9. The quantitative estimate of drug-likeness (QED) is 0.402. The van der Waals surface area contributed by atoms with Crippen LogP contribution in [0.1, 0.15) is 23.3 Å². The molecule has 0 radical (unpaired) electrons. The van der Waals surface area contributed by atoms with Crippen LogP contribution in [0.5, 0.6) is 6.01 Å². The van der Waals surface area contributed by atoms with Crippen LogP contribution in [0.3, 0.4) is 0 Å². The average molecular weight is 440 g/mol. The third kappa shape index (κ3) is 6.19. The van der Waals surface area contributed by atoms with Crippen LogP contribution >= 0.6 is 11.3 Å². The molecule has 10 heteroatoms. The predicted molar refractivity (Wildman–Crippen MR) is 121 cm³/mol. The molecule has 3 aromatic rings. The average Bonchev–Trinajstić information content (AvgIpc) is 3.28. The van der Waals surface area contributed by atoms with E-state index < -0.39 is 0 Å². The third-order valence-electron chi connectivity index (χ3n) is 4.59. The van der Waals surface area contributed by atoms with Crippen molar-refractivity contribution < 1.29 is 9.47 Å². The monoisotopic (exact) mass is 439 g/mol. The molecule has 0 unspecified atom stereocenters. The lowest BCUT2D eigenvalue weighted by Crippen LogP contribution is -2.37. The summed E-state index contributed by atoms with van der Waals surface area (Å²) in [6.45, 7) is 5.29. The summed E-state index contributed by atoms with van der Waals surface area (Å²) in [4.78, 5) is 21.1. The van der Waals surface area contributed by atoms with Gasteiger partial charge in [0.15, 0.2) is 5.82 Å². The zero-order valence-electron chi connectivity index (χ0n) is 17.4. The molecular weight excluding hydrogens is 414 g/mol. The van der Waals surface area contributed by atoms with E-state index in [2.05, 4.69) is 48.4 Å². The minimum absolute atomic E-state index is 0.276. The number of hydrogen-bond donors (Lipinski definition) is 1. The maximum Gasteiger partial charge on any atom is 0.321 e. The first-order valence-corrected chi connectivity index (χ1v) is 11.1. The second-order valence-electron chi connectivity index (χ2n) is 6.78. The van der Waals surface area contributed by atoms with E-state index in [0.717, 1.165) is 30.2 Å². The van der Waals surface area contributed by atoms with Crippen molar-refractivity contribution in [3.63, 3.8) is 0 Å². The summed E-state index contributed by atoms with van der Waals surface area (Å²) in [5, 5.41) is 5.26. The molecule has 1 saturated heterocycles. The molecule has 3 aromatic heterocycles. The van der Waals surface area contributed by atoms with Gasteiger partial charge in [-0.25, -0.2) is 0 Å². The Kier molecular flexibility index (Phi) is 7.35. The smallest absolute Gasteiger partial charge is 0.321 e. The van der Waals surface area contributed by atoms with Crippen LogP contribution in [0.2, 0.25) is 0 Å². The molecule has 1 aliphatic heterocycles. The summed E-state index contributed by atoms with van der Waals surface area (Å²) in [6, 6.07) is 10.2. The van der Waals surface area contributed by atoms with Crippen LogP contribution in [0.15, 0.2) is 41.6 Å². The first kappa shape index (κ1) is 21.1. The Balaban J connectivity index is 1.46. The molecule has 0 amide bonds.